The van der Waals surface area contributed by atoms with Gasteiger partial charge in [0.05, 0.1) is 29.4 Å². The third kappa shape index (κ3) is 11.6. The number of carboxylic acid groups (broad SMARTS) is 1. The summed E-state index contributed by atoms with van der Waals surface area (Å²) in [4.78, 5) is 48.6. The Kier molecular flexibility index (Phi) is 14.4. The predicted octanol–water partition coefficient (Wildman–Crippen LogP) is 7.50. The number of nitrogens with one attached hydrogen (secondary N) is 2. The third-order valence-corrected chi connectivity index (χ3v) is 12.7. The first-order chi connectivity index (χ1) is 31.1. The van der Waals surface area contributed by atoms with Gasteiger partial charge in [0.15, 0.2) is 0 Å². The highest BCUT2D eigenvalue weighted by molar-refractivity contribution is 5.96. The number of halogens is 3. The van der Waals surface area contributed by atoms with Crippen LogP contribution in [0.1, 0.15) is 90.2 Å². The minimum atomic E-state index is -4.59. The number of piperazine rings is 1. The predicted molar refractivity (Wildman–Crippen MR) is 246 cm³/mol. The summed E-state index contributed by atoms with van der Waals surface area (Å²) in [7, 11) is 1.55. The zero-order valence-corrected chi connectivity index (χ0v) is 39.0. The number of hydrazine groups is 1. The van der Waals surface area contributed by atoms with Crippen molar-refractivity contribution < 1.29 is 47.2 Å². The molecule has 0 radical (unpaired) electrons. The molecule has 3 atom stereocenters. The summed E-state index contributed by atoms with van der Waals surface area (Å²) in [5.41, 5.74) is 6.48. The average Bonchev–Trinajstić information content (AvgIpc) is 4.09. The third-order valence-electron chi connectivity index (χ3n) is 12.7. The number of fused-ring (bicyclic) bond motifs is 1. The van der Waals surface area contributed by atoms with Crippen LogP contribution in [-0.2, 0) is 38.4 Å². The van der Waals surface area contributed by atoms with Gasteiger partial charge in [-0.1, -0.05) is 44.2 Å². The van der Waals surface area contributed by atoms with Crippen molar-refractivity contribution >= 4 is 34.6 Å². The standard InChI is InChI=1S/C49H64F3N7O7/c1-30(65-7)42-37(25-35(27-53-42)57-20-18-56(19-21-57)34-14-15-34)43-38(26-48(5,6)29-60)36-24-33(13-16-41(36)58(43)28-49(50,51)52)32-11-8-10-31(22-32)23-40(54-46(64)66-47(2,3)4)44(61)59-17-9-12-39(55-59)45(62)63/h8,10-11,13,16,22,24-25,27,30,34,39-40,55,60H,9,12,14-15,17-21,23,26,28-29H2,1-7H3,(H,54,64)(H,62,63)/t30-,39-,40-/m0/s1. The van der Waals surface area contributed by atoms with Gasteiger partial charge in [0.2, 0.25) is 0 Å². The molecule has 0 bridgehead atoms. The van der Waals surface area contributed by atoms with Crippen LogP contribution in [0.3, 0.4) is 0 Å². The van der Waals surface area contributed by atoms with E-state index in [4.69, 9.17) is 14.5 Å². The highest BCUT2D eigenvalue weighted by Crippen LogP contribution is 2.44. The first-order valence-corrected chi connectivity index (χ1v) is 22.9. The maximum Gasteiger partial charge on any atom is 0.408 e. The molecule has 1 saturated carbocycles. The van der Waals surface area contributed by atoms with Crippen LogP contribution in [0.15, 0.2) is 54.7 Å². The second kappa shape index (κ2) is 19.5. The number of hydrogen-bond donors (Lipinski definition) is 4. The Bertz CT molecular complexity index is 2400. The van der Waals surface area contributed by atoms with Crippen molar-refractivity contribution in [2.75, 3.05) is 51.3 Å². The van der Waals surface area contributed by atoms with Crippen molar-refractivity contribution in [3.8, 4) is 22.4 Å². The van der Waals surface area contributed by atoms with E-state index >= 15 is 0 Å². The summed E-state index contributed by atoms with van der Waals surface area (Å²) >= 11 is 0. The van der Waals surface area contributed by atoms with Crippen LogP contribution in [0, 0.1) is 5.41 Å². The van der Waals surface area contributed by atoms with E-state index in [0.717, 1.165) is 31.9 Å². The number of aliphatic hydroxyl groups excluding tert-OH is 1. The zero-order chi connectivity index (χ0) is 47.7. The summed E-state index contributed by atoms with van der Waals surface area (Å²) in [5.74, 6) is -1.62. The molecule has 2 aliphatic heterocycles. The Morgan fingerprint density at radius 1 is 0.955 bits per heavy atom. The topological polar surface area (TPSA) is 162 Å². The van der Waals surface area contributed by atoms with Gasteiger partial charge < -0.3 is 34.5 Å². The van der Waals surface area contributed by atoms with Crippen LogP contribution in [0.4, 0.5) is 23.7 Å². The van der Waals surface area contributed by atoms with Gasteiger partial charge in [0, 0.05) is 75.4 Å². The lowest BCUT2D eigenvalue weighted by Gasteiger charge is -2.36. The minimum absolute atomic E-state index is 0.0194. The van der Waals surface area contributed by atoms with Gasteiger partial charge in [-0.15, -0.1) is 0 Å². The van der Waals surface area contributed by atoms with Crippen LogP contribution in [-0.4, -0.2) is 124 Å². The number of methoxy groups -OCH3 is 1. The molecular formula is C49H64F3N7O7. The fourth-order valence-electron chi connectivity index (χ4n) is 9.09. The molecular weight excluding hydrogens is 856 g/mol. The molecule has 4 N–H and O–H groups in total. The van der Waals surface area contributed by atoms with Crippen molar-refractivity contribution in [2.24, 2.45) is 5.41 Å². The van der Waals surface area contributed by atoms with Crippen LogP contribution >= 0.6 is 0 Å². The first-order valence-electron chi connectivity index (χ1n) is 22.9. The molecule has 2 saturated heterocycles. The van der Waals surface area contributed by atoms with Gasteiger partial charge in [-0.25, -0.2) is 10.2 Å². The summed E-state index contributed by atoms with van der Waals surface area (Å²) in [5, 5.41) is 24.8. The number of carbonyl (C=O) groups excluding carboxylic acids is 2. The van der Waals surface area contributed by atoms with Crippen molar-refractivity contribution in [1.29, 1.82) is 0 Å². The highest BCUT2D eigenvalue weighted by Gasteiger charge is 2.37. The number of carbonyl (C=O) groups is 3. The Labute approximate surface area is 384 Å². The number of hydrogen-bond acceptors (Lipinski definition) is 10. The highest BCUT2D eigenvalue weighted by atomic mass is 19.4. The van der Waals surface area contributed by atoms with E-state index in [1.165, 1.54) is 22.4 Å². The van der Waals surface area contributed by atoms with E-state index in [9.17, 15) is 37.8 Å². The second-order valence-corrected chi connectivity index (χ2v) is 19.8. The number of rotatable bonds is 15. The molecule has 1 aliphatic carbocycles. The zero-order valence-electron chi connectivity index (χ0n) is 39.0. The van der Waals surface area contributed by atoms with E-state index in [1.807, 2.05) is 45.0 Å². The monoisotopic (exact) mass is 919 g/mol. The molecule has 2 amide bonds. The average molecular weight is 920 g/mol. The van der Waals surface area contributed by atoms with Gasteiger partial charge in [0.1, 0.15) is 24.2 Å². The van der Waals surface area contributed by atoms with Crippen LogP contribution in [0.25, 0.3) is 33.3 Å². The maximum atomic E-state index is 14.9. The summed E-state index contributed by atoms with van der Waals surface area (Å²) in [6.45, 7) is 12.8. The van der Waals surface area contributed by atoms with Crippen LogP contribution < -0.4 is 15.6 Å². The number of amides is 2. The fourth-order valence-corrected chi connectivity index (χ4v) is 9.09. The van der Waals surface area contributed by atoms with Gasteiger partial charge in [-0.05, 0) is 106 Å². The van der Waals surface area contributed by atoms with E-state index < -0.39 is 59.9 Å². The van der Waals surface area contributed by atoms with Gasteiger partial charge in [-0.2, -0.15) is 13.2 Å². The molecule has 0 unspecified atom stereocenters. The van der Waals surface area contributed by atoms with Gasteiger partial charge in [-0.3, -0.25) is 24.5 Å². The number of aromatic nitrogens is 2. The minimum Gasteiger partial charge on any atom is -0.480 e. The van der Waals surface area contributed by atoms with E-state index in [-0.39, 0.29) is 26.0 Å². The summed E-state index contributed by atoms with van der Waals surface area (Å²) in [6, 6.07) is 13.2. The molecule has 2 aromatic heterocycles. The fraction of sp³-hybridized carbons (Fsp3) is 0.551. The summed E-state index contributed by atoms with van der Waals surface area (Å²) in [6.07, 6.45) is -0.704. The normalized spacial score (nSPS) is 18.6. The van der Waals surface area contributed by atoms with E-state index in [1.54, 1.807) is 58.3 Å². The number of alkyl carbamates (subject to hydrolysis) is 1. The van der Waals surface area contributed by atoms with Crippen molar-refractivity contribution in [3.05, 3.63) is 71.5 Å². The molecule has 7 rings (SSSR count). The van der Waals surface area contributed by atoms with E-state index in [2.05, 4.69) is 20.5 Å². The number of anilines is 1. The molecule has 3 aliphatic rings. The smallest absolute Gasteiger partial charge is 0.408 e. The molecule has 4 aromatic rings. The number of pyridine rings is 1. The number of nitrogens with zero attached hydrogens (tertiary/aromatic N) is 5. The van der Waals surface area contributed by atoms with Gasteiger partial charge >= 0.3 is 18.2 Å². The quantitative estimate of drug-likeness (QED) is 0.0935. The Morgan fingerprint density at radius 3 is 2.30 bits per heavy atom. The molecule has 3 fully saturated rings. The van der Waals surface area contributed by atoms with Crippen molar-refractivity contribution in [1.82, 2.24) is 30.2 Å². The largest absolute Gasteiger partial charge is 0.480 e. The Balaban J connectivity index is 1.32. The molecule has 2 aromatic carbocycles. The Morgan fingerprint density at radius 2 is 1.67 bits per heavy atom. The number of aliphatic carboxylic acids is 1. The molecule has 66 heavy (non-hydrogen) atoms. The SMILES string of the molecule is CO[C@@H](C)c1ncc(N2CCN(C3CC3)CC2)cc1-c1c(CC(C)(C)CO)c2cc(-c3cccc(C[C@H](NC(=O)OC(C)(C)C)C(=O)N4CCC[C@@H](C(=O)O)N4)c3)ccc2n1CC(F)(F)F. The van der Waals surface area contributed by atoms with Crippen molar-refractivity contribution in [2.45, 2.75) is 123 Å². The number of alkyl halides is 3. The summed E-state index contributed by atoms with van der Waals surface area (Å²) < 4.78 is 57.2. The molecule has 0 spiro atoms. The molecule has 17 heteroatoms. The lowest BCUT2D eigenvalue weighted by atomic mass is 9.84. The number of carboxylic acids is 1. The molecule has 14 nitrogen and oxygen atoms in total. The lowest BCUT2D eigenvalue weighted by molar-refractivity contribution is -0.147. The second-order valence-electron chi connectivity index (χ2n) is 19.8. The first kappa shape index (κ1) is 48.7. The maximum absolute atomic E-state index is 14.9. The van der Waals surface area contributed by atoms with E-state index in [0.29, 0.717) is 69.0 Å². The molecule has 358 valence electrons. The lowest BCUT2D eigenvalue weighted by Crippen LogP contribution is -2.60. The number of ether oxygens (including phenoxy) is 2. The number of aliphatic hydroxyl groups is 1. The van der Waals surface area contributed by atoms with Gasteiger partial charge in [0.25, 0.3) is 5.91 Å². The van der Waals surface area contributed by atoms with Crippen molar-refractivity contribution in [3.63, 3.8) is 0 Å². The molecule has 4 heterocycles. The van der Waals surface area contributed by atoms with Crippen LogP contribution in [0.5, 0.6) is 0 Å². The Hall–Kier alpha value is -5.23. The number of benzene rings is 2. The van der Waals surface area contributed by atoms with Crippen LogP contribution in [0.2, 0.25) is 0 Å².